The van der Waals surface area contributed by atoms with Crippen molar-refractivity contribution in [3.05, 3.63) is 34.6 Å². The number of nitrogens with one attached hydrogen (secondary N) is 1. The highest BCUT2D eigenvalue weighted by Gasteiger charge is 2.36. The zero-order valence-corrected chi connectivity index (χ0v) is 11.8. The molecule has 1 saturated carbocycles. The molecular weight excluding hydrogens is 263 g/mol. The molecule has 0 aromatic heterocycles. The van der Waals surface area contributed by atoms with E-state index in [1.165, 1.54) is 25.3 Å². The van der Waals surface area contributed by atoms with Crippen molar-refractivity contribution < 1.29 is 4.39 Å². The third-order valence-corrected chi connectivity index (χ3v) is 4.77. The van der Waals surface area contributed by atoms with Crippen LogP contribution in [0.2, 0.25) is 5.02 Å². The Morgan fingerprint density at radius 3 is 2.58 bits per heavy atom. The number of halogens is 2. The molecule has 1 aromatic rings. The Kier molecular flexibility index (Phi) is 4.06. The van der Waals surface area contributed by atoms with Gasteiger partial charge in [-0.3, -0.25) is 4.90 Å². The van der Waals surface area contributed by atoms with Gasteiger partial charge in [0.1, 0.15) is 5.82 Å². The van der Waals surface area contributed by atoms with Crippen LogP contribution >= 0.6 is 11.6 Å². The number of nitrogens with zero attached hydrogens (tertiary/aromatic N) is 1. The molecule has 1 aliphatic heterocycles. The summed E-state index contributed by atoms with van der Waals surface area (Å²) in [7, 11) is 0. The number of piperazine rings is 1. The average molecular weight is 283 g/mol. The Morgan fingerprint density at radius 1 is 1.26 bits per heavy atom. The molecule has 1 heterocycles. The van der Waals surface area contributed by atoms with E-state index in [0.29, 0.717) is 10.9 Å². The molecule has 4 heteroatoms. The molecule has 0 unspecified atom stereocenters. The normalized spacial score (nSPS) is 23.1. The van der Waals surface area contributed by atoms with Crippen LogP contribution in [0.15, 0.2) is 18.2 Å². The van der Waals surface area contributed by atoms with Gasteiger partial charge in [0.25, 0.3) is 0 Å². The maximum atomic E-state index is 14.2. The van der Waals surface area contributed by atoms with Crippen molar-refractivity contribution in [1.82, 2.24) is 10.2 Å². The topological polar surface area (TPSA) is 15.3 Å². The summed E-state index contributed by atoms with van der Waals surface area (Å²) < 4.78 is 14.2. The second kappa shape index (κ2) is 5.78. The number of hydrogen-bond acceptors (Lipinski definition) is 2. The summed E-state index contributed by atoms with van der Waals surface area (Å²) in [5.41, 5.74) is 0.718. The van der Waals surface area contributed by atoms with Crippen molar-refractivity contribution >= 4 is 11.6 Å². The molecule has 1 N–H and O–H groups in total. The van der Waals surface area contributed by atoms with Crippen molar-refractivity contribution in [2.75, 3.05) is 26.2 Å². The zero-order valence-electron chi connectivity index (χ0n) is 11.0. The van der Waals surface area contributed by atoms with Gasteiger partial charge in [-0.15, -0.1) is 0 Å². The van der Waals surface area contributed by atoms with Crippen LogP contribution in [0.4, 0.5) is 4.39 Å². The van der Waals surface area contributed by atoms with Crippen LogP contribution in [0.25, 0.3) is 0 Å². The fraction of sp³-hybridized carbons (Fsp3) is 0.600. The fourth-order valence-electron chi connectivity index (χ4n) is 3.23. The van der Waals surface area contributed by atoms with Gasteiger partial charge in [0, 0.05) is 42.8 Å². The van der Waals surface area contributed by atoms with E-state index in [4.69, 9.17) is 11.6 Å². The van der Waals surface area contributed by atoms with Crippen LogP contribution in [-0.4, -0.2) is 31.1 Å². The first-order valence-corrected chi connectivity index (χ1v) is 7.54. The molecular formula is C15H20ClFN2. The molecule has 2 nitrogen and oxygen atoms in total. The summed E-state index contributed by atoms with van der Waals surface area (Å²) in [6.07, 6.45) is 3.65. The van der Waals surface area contributed by atoms with Gasteiger partial charge < -0.3 is 5.32 Å². The van der Waals surface area contributed by atoms with E-state index in [1.807, 2.05) is 6.07 Å². The summed E-state index contributed by atoms with van der Waals surface area (Å²) in [6, 6.07) is 5.20. The maximum Gasteiger partial charge on any atom is 0.129 e. The summed E-state index contributed by atoms with van der Waals surface area (Å²) in [4.78, 5) is 2.41. The van der Waals surface area contributed by atoms with Crippen molar-refractivity contribution in [2.24, 2.45) is 5.92 Å². The Bertz CT molecular complexity index is 422. The lowest BCUT2D eigenvalue weighted by Crippen LogP contribution is -2.48. The molecule has 19 heavy (non-hydrogen) atoms. The van der Waals surface area contributed by atoms with Gasteiger partial charge in [-0.25, -0.2) is 4.39 Å². The SMILES string of the molecule is Fc1cccc(Cl)c1[C@@H](C1CCC1)N1CCNCC1. The van der Waals surface area contributed by atoms with E-state index in [9.17, 15) is 4.39 Å². The van der Waals surface area contributed by atoms with Crippen LogP contribution in [0.5, 0.6) is 0 Å². The molecule has 1 aromatic carbocycles. The Hall–Kier alpha value is -0.640. The monoisotopic (exact) mass is 282 g/mol. The first-order chi connectivity index (χ1) is 9.27. The van der Waals surface area contributed by atoms with E-state index in [2.05, 4.69) is 10.2 Å². The van der Waals surface area contributed by atoms with Crippen LogP contribution in [0.3, 0.4) is 0 Å². The highest BCUT2D eigenvalue weighted by Crippen LogP contribution is 2.44. The minimum absolute atomic E-state index is 0.150. The summed E-state index contributed by atoms with van der Waals surface area (Å²) >= 11 is 6.29. The van der Waals surface area contributed by atoms with Gasteiger partial charge in [0.15, 0.2) is 0 Å². The smallest absolute Gasteiger partial charge is 0.129 e. The second-order valence-electron chi connectivity index (χ2n) is 5.56. The van der Waals surface area contributed by atoms with E-state index < -0.39 is 0 Å². The first kappa shape index (κ1) is 13.3. The lowest BCUT2D eigenvalue weighted by atomic mass is 9.76. The second-order valence-corrected chi connectivity index (χ2v) is 5.96. The largest absolute Gasteiger partial charge is 0.314 e. The molecule has 1 aliphatic carbocycles. The molecule has 0 spiro atoms. The highest BCUT2D eigenvalue weighted by atomic mass is 35.5. The predicted molar refractivity (Wildman–Crippen MR) is 75.9 cm³/mol. The third-order valence-electron chi connectivity index (χ3n) is 4.44. The molecule has 0 amide bonds. The molecule has 104 valence electrons. The van der Waals surface area contributed by atoms with E-state index in [-0.39, 0.29) is 11.9 Å². The Balaban J connectivity index is 1.93. The average Bonchev–Trinajstić information content (AvgIpc) is 2.36. The van der Waals surface area contributed by atoms with Crippen molar-refractivity contribution in [2.45, 2.75) is 25.3 Å². The quantitative estimate of drug-likeness (QED) is 0.916. The van der Waals surface area contributed by atoms with Crippen LogP contribution in [0.1, 0.15) is 30.9 Å². The molecule has 2 aliphatic rings. The predicted octanol–water partition coefficient (Wildman–Crippen LogP) is 3.23. The summed E-state index contributed by atoms with van der Waals surface area (Å²) in [5, 5.41) is 3.94. The van der Waals surface area contributed by atoms with Crippen molar-refractivity contribution in [1.29, 1.82) is 0 Å². The van der Waals surface area contributed by atoms with E-state index in [1.54, 1.807) is 6.07 Å². The zero-order chi connectivity index (χ0) is 13.2. The summed E-state index contributed by atoms with van der Waals surface area (Å²) in [5.74, 6) is 0.412. The minimum atomic E-state index is -0.150. The van der Waals surface area contributed by atoms with E-state index >= 15 is 0 Å². The molecule has 1 atom stereocenters. The van der Waals surface area contributed by atoms with Crippen molar-refractivity contribution in [3.8, 4) is 0 Å². The number of rotatable bonds is 3. The van der Waals surface area contributed by atoms with Gasteiger partial charge in [0.05, 0.1) is 0 Å². The Morgan fingerprint density at radius 2 is 2.00 bits per heavy atom. The molecule has 0 bridgehead atoms. The van der Waals surface area contributed by atoms with E-state index in [0.717, 1.165) is 31.7 Å². The van der Waals surface area contributed by atoms with Crippen LogP contribution in [0, 0.1) is 11.7 Å². The summed E-state index contributed by atoms with van der Waals surface area (Å²) in [6.45, 7) is 3.92. The molecule has 0 radical (unpaired) electrons. The van der Waals surface area contributed by atoms with Gasteiger partial charge >= 0.3 is 0 Å². The highest BCUT2D eigenvalue weighted by molar-refractivity contribution is 6.31. The Labute approximate surface area is 118 Å². The minimum Gasteiger partial charge on any atom is -0.314 e. The standard InChI is InChI=1S/C15H20ClFN2/c16-12-5-2-6-13(17)14(12)15(11-3-1-4-11)19-9-7-18-8-10-19/h2,5-6,11,15,18H,1,3-4,7-10H2/t15-/m1/s1. The van der Waals surface area contributed by atoms with Gasteiger partial charge in [-0.1, -0.05) is 24.1 Å². The van der Waals surface area contributed by atoms with Crippen LogP contribution < -0.4 is 5.32 Å². The lowest BCUT2D eigenvalue weighted by Gasteiger charge is -2.43. The van der Waals surface area contributed by atoms with Gasteiger partial charge in [-0.05, 0) is 30.9 Å². The molecule has 1 saturated heterocycles. The molecule has 3 rings (SSSR count). The van der Waals surface area contributed by atoms with Crippen molar-refractivity contribution in [3.63, 3.8) is 0 Å². The number of hydrogen-bond donors (Lipinski definition) is 1. The number of benzene rings is 1. The van der Waals surface area contributed by atoms with Gasteiger partial charge in [0.2, 0.25) is 0 Å². The maximum absolute atomic E-state index is 14.2. The first-order valence-electron chi connectivity index (χ1n) is 7.16. The lowest BCUT2D eigenvalue weighted by molar-refractivity contribution is 0.0812. The fourth-order valence-corrected chi connectivity index (χ4v) is 3.50. The van der Waals surface area contributed by atoms with Gasteiger partial charge in [-0.2, -0.15) is 0 Å². The van der Waals surface area contributed by atoms with Crippen LogP contribution in [-0.2, 0) is 0 Å². The third kappa shape index (κ3) is 2.64. The molecule has 2 fully saturated rings.